The number of hydrogen-bond acceptors (Lipinski definition) is 3. The van der Waals surface area contributed by atoms with E-state index in [0.717, 1.165) is 29.3 Å². The highest BCUT2D eigenvalue weighted by Crippen LogP contribution is 2.65. The van der Waals surface area contributed by atoms with Crippen LogP contribution >= 0.6 is 11.9 Å². The Balaban J connectivity index is 1.90. The monoisotopic (exact) mass is 205 g/mol. The Morgan fingerprint density at radius 1 is 1.43 bits per heavy atom. The van der Waals surface area contributed by atoms with Gasteiger partial charge in [-0.05, 0) is 54.4 Å². The number of carbonyl (C=O) groups excluding carboxylic acids is 1. The van der Waals surface area contributed by atoms with Gasteiger partial charge in [-0.3, -0.25) is 9.52 Å². The average molecular weight is 205 g/mol. The summed E-state index contributed by atoms with van der Waals surface area (Å²) in [4.78, 5) is 11.6. The first-order valence-corrected chi connectivity index (χ1v) is 5.64. The van der Waals surface area contributed by atoms with Gasteiger partial charge in [-0.1, -0.05) is 12.1 Å². The van der Waals surface area contributed by atoms with E-state index in [0.29, 0.717) is 0 Å². The third kappa shape index (κ3) is 1.06. The quantitative estimate of drug-likeness (QED) is 0.751. The molecule has 3 heteroatoms. The molecule has 2 aliphatic rings. The number of nitrogens with one attached hydrogen (secondary N) is 1. The van der Waals surface area contributed by atoms with Gasteiger partial charge in [-0.2, -0.15) is 0 Å². The summed E-state index contributed by atoms with van der Waals surface area (Å²) in [6.45, 7) is 0. The van der Waals surface area contributed by atoms with E-state index in [-0.39, 0.29) is 5.12 Å². The first kappa shape index (κ1) is 8.50. The van der Waals surface area contributed by atoms with Crippen molar-refractivity contribution in [1.82, 2.24) is 4.72 Å². The zero-order valence-corrected chi connectivity index (χ0v) is 8.73. The van der Waals surface area contributed by atoms with Gasteiger partial charge in [0.25, 0.3) is 0 Å². The molecule has 0 aromatic heterocycles. The van der Waals surface area contributed by atoms with Crippen molar-refractivity contribution in [3.8, 4) is 0 Å². The maximum Gasteiger partial charge on any atom is 0.234 e. The first-order chi connectivity index (χ1) is 6.81. The van der Waals surface area contributed by atoms with Gasteiger partial charge >= 0.3 is 0 Å². The molecule has 1 aromatic carbocycles. The maximum absolute atomic E-state index is 11.6. The second-order valence-corrected chi connectivity index (χ2v) is 4.87. The van der Waals surface area contributed by atoms with Gasteiger partial charge < -0.3 is 0 Å². The number of hydrogen-bond donors (Lipinski definition) is 1. The van der Waals surface area contributed by atoms with E-state index in [1.807, 2.05) is 6.07 Å². The first-order valence-electron chi connectivity index (χ1n) is 4.83. The highest BCUT2D eigenvalue weighted by Gasteiger charge is 2.50. The standard InChI is InChI=1S/C11H11NOS/c1-12-14-11(13)6-2-3-7-8(4-6)10-5-9(7)10/h2-4,9-10,12H,5H2,1H3. The van der Waals surface area contributed by atoms with E-state index >= 15 is 0 Å². The minimum Gasteiger partial charge on any atom is -0.280 e. The molecule has 2 aliphatic carbocycles. The smallest absolute Gasteiger partial charge is 0.234 e. The fourth-order valence-corrected chi connectivity index (χ4v) is 2.73. The second-order valence-electron chi connectivity index (χ2n) is 3.89. The summed E-state index contributed by atoms with van der Waals surface area (Å²) in [6, 6.07) is 6.13. The van der Waals surface area contributed by atoms with Crippen LogP contribution < -0.4 is 4.72 Å². The summed E-state index contributed by atoms with van der Waals surface area (Å²) in [5.74, 6) is 1.63. The van der Waals surface area contributed by atoms with Crippen LogP contribution in [-0.2, 0) is 0 Å². The molecular weight excluding hydrogens is 194 g/mol. The molecule has 2 unspecified atom stereocenters. The van der Waals surface area contributed by atoms with Crippen molar-refractivity contribution in [2.75, 3.05) is 7.05 Å². The Kier molecular flexibility index (Phi) is 1.73. The second kappa shape index (κ2) is 2.84. The Morgan fingerprint density at radius 2 is 2.21 bits per heavy atom. The van der Waals surface area contributed by atoms with Crippen LogP contribution in [-0.4, -0.2) is 12.2 Å². The predicted molar refractivity (Wildman–Crippen MR) is 57.5 cm³/mol. The lowest BCUT2D eigenvalue weighted by molar-refractivity contribution is 0.108. The van der Waals surface area contributed by atoms with Gasteiger partial charge in [-0.15, -0.1) is 0 Å². The van der Waals surface area contributed by atoms with Crippen molar-refractivity contribution in [2.24, 2.45) is 0 Å². The molecular formula is C11H11NOS. The van der Waals surface area contributed by atoms with Gasteiger partial charge in [0.2, 0.25) is 5.12 Å². The molecule has 0 spiro atoms. The molecule has 0 radical (unpaired) electrons. The van der Waals surface area contributed by atoms with E-state index in [4.69, 9.17) is 0 Å². The lowest BCUT2D eigenvalue weighted by atomic mass is 9.87. The van der Waals surface area contributed by atoms with Gasteiger partial charge in [-0.25, -0.2) is 0 Å². The van der Waals surface area contributed by atoms with Crippen molar-refractivity contribution in [3.63, 3.8) is 0 Å². The number of fused-ring (bicyclic) bond motifs is 4. The van der Waals surface area contributed by atoms with Crippen LogP contribution in [0.15, 0.2) is 18.2 Å². The maximum atomic E-state index is 11.6. The molecule has 0 heterocycles. The lowest BCUT2D eigenvalue weighted by Crippen LogP contribution is -2.06. The molecule has 0 bridgehead atoms. The molecule has 2 atom stereocenters. The highest BCUT2D eigenvalue weighted by atomic mass is 32.2. The molecule has 3 rings (SSSR count). The van der Waals surface area contributed by atoms with Crippen LogP contribution in [0.2, 0.25) is 0 Å². The normalized spacial score (nSPS) is 26.1. The molecule has 1 fully saturated rings. The molecule has 1 N–H and O–H groups in total. The van der Waals surface area contributed by atoms with Gasteiger partial charge in [0.05, 0.1) is 0 Å². The van der Waals surface area contributed by atoms with E-state index in [1.165, 1.54) is 17.5 Å². The third-order valence-electron chi connectivity index (χ3n) is 3.11. The number of benzene rings is 1. The number of rotatable bonds is 2. The van der Waals surface area contributed by atoms with Crippen LogP contribution in [0.25, 0.3) is 0 Å². The summed E-state index contributed by atoms with van der Waals surface area (Å²) in [6.07, 6.45) is 1.31. The molecule has 0 amide bonds. The Hall–Kier alpha value is -0.800. The number of carbonyl (C=O) groups is 1. The van der Waals surface area contributed by atoms with Gasteiger partial charge in [0.15, 0.2) is 0 Å². The molecule has 72 valence electrons. The Bertz CT molecular complexity index is 416. The topological polar surface area (TPSA) is 29.1 Å². The SMILES string of the molecule is CNSC(=O)c1ccc2c(c1)C1CC21. The minimum absolute atomic E-state index is 0.111. The van der Waals surface area contributed by atoms with Crippen LogP contribution in [0.1, 0.15) is 39.7 Å². The van der Waals surface area contributed by atoms with Crippen LogP contribution in [0.3, 0.4) is 0 Å². The van der Waals surface area contributed by atoms with Gasteiger partial charge in [0, 0.05) is 5.56 Å². The van der Waals surface area contributed by atoms with Crippen LogP contribution in [0.5, 0.6) is 0 Å². The zero-order chi connectivity index (χ0) is 9.71. The highest BCUT2D eigenvalue weighted by molar-refractivity contribution is 8.12. The molecule has 0 aliphatic heterocycles. The lowest BCUT2D eigenvalue weighted by Gasteiger charge is -2.18. The largest absolute Gasteiger partial charge is 0.280 e. The van der Waals surface area contributed by atoms with E-state index in [2.05, 4.69) is 16.9 Å². The Labute approximate surface area is 87.2 Å². The molecule has 0 saturated heterocycles. The fraction of sp³-hybridized carbons (Fsp3) is 0.364. The zero-order valence-electron chi connectivity index (χ0n) is 7.91. The van der Waals surface area contributed by atoms with Crippen molar-refractivity contribution in [3.05, 3.63) is 34.9 Å². The molecule has 14 heavy (non-hydrogen) atoms. The Morgan fingerprint density at radius 3 is 3.00 bits per heavy atom. The summed E-state index contributed by atoms with van der Waals surface area (Å²) < 4.78 is 2.81. The average Bonchev–Trinajstić information content (AvgIpc) is 2.89. The van der Waals surface area contributed by atoms with Crippen molar-refractivity contribution in [2.45, 2.75) is 18.3 Å². The van der Waals surface area contributed by atoms with Crippen molar-refractivity contribution in [1.29, 1.82) is 0 Å². The van der Waals surface area contributed by atoms with E-state index in [9.17, 15) is 4.79 Å². The summed E-state index contributed by atoms with van der Waals surface area (Å²) in [7, 11) is 1.76. The molecule has 2 nitrogen and oxygen atoms in total. The minimum atomic E-state index is 0.111. The van der Waals surface area contributed by atoms with Crippen molar-refractivity contribution >= 4 is 17.1 Å². The summed E-state index contributed by atoms with van der Waals surface area (Å²) >= 11 is 1.15. The molecule has 1 aromatic rings. The summed E-state index contributed by atoms with van der Waals surface area (Å²) in [5, 5.41) is 0.111. The fourth-order valence-electron chi connectivity index (χ4n) is 2.30. The van der Waals surface area contributed by atoms with Crippen LogP contribution in [0, 0.1) is 0 Å². The van der Waals surface area contributed by atoms with Crippen LogP contribution in [0.4, 0.5) is 0 Å². The van der Waals surface area contributed by atoms with E-state index < -0.39 is 0 Å². The van der Waals surface area contributed by atoms with E-state index in [1.54, 1.807) is 7.05 Å². The van der Waals surface area contributed by atoms with Gasteiger partial charge in [0.1, 0.15) is 0 Å². The third-order valence-corrected chi connectivity index (χ3v) is 3.73. The predicted octanol–water partition coefficient (Wildman–Crippen LogP) is 2.28. The van der Waals surface area contributed by atoms with Crippen molar-refractivity contribution < 1.29 is 4.79 Å². The molecule has 1 saturated carbocycles. The summed E-state index contributed by atoms with van der Waals surface area (Å²) in [5.41, 5.74) is 3.71.